The fourth-order valence-electron chi connectivity index (χ4n) is 10.2. The molecule has 0 amide bonds. The highest BCUT2D eigenvalue weighted by atomic mass is 16.4. The van der Waals surface area contributed by atoms with Gasteiger partial charge < -0.3 is 5.11 Å². The van der Waals surface area contributed by atoms with Crippen molar-refractivity contribution in [2.24, 2.45) is 53.3 Å². The van der Waals surface area contributed by atoms with Gasteiger partial charge in [-0.05, 0) is 53.8 Å². The predicted molar refractivity (Wildman–Crippen MR) is 136 cm³/mol. The lowest BCUT2D eigenvalue weighted by atomic mass is 9.48. The maximum absolute atomic E-state index is 13.3. The van der Waals surface area contributed by atoms with Crippen molar-refractivity contribution in [1.29, 1.82) is 0 Å². The summed E-state index contributed by atoms with van der Waals surface area (Å²) in [5, 5.41) is 11.0. The van der Waals surface area contributed by atoms with Gasteiger partial charge in [-0.15, -0.1) is 0 Å². The molecule has 33 heavy (non-hydrogen) atoms. The predicted octanol–water partition coefficient (Wildman–Crippen LogP) is 8.88. The average Bonchev–Trinajstić information content (AvgIpc) is 2.89. The molecule has 0 radical (unpaired) electrons. The molecule has 0 spiro atoms. The van der Waals surface area contributed by atoms with Crippen LogP contribution in [0.25, 0.3) is 0 Å². The molecule has 0 bridgehead atoms. The fourth-order valence-corrected chi connectivity index (χ4v) is 10.2. The van der Waals surface area contributed by atoms with Crippen molar-refractivity contribution < 1.29 is 9.90 Å². The van der Waals surface area contributed by atoms with Crippen molar-refractivity contribution in [2.45, 2.75) is 135 Å². The normalized spacial score (nSPS) is 38.8. The third-order valence-electron chi connectivity index (χ3n) is 11.5. The van der Waals surface area contributed by atoms with Gasteiger partial charge in [0.2, 0.25) is 0 Å². The van der Waals surface area contributed by atoms with E-state index in [2.05, 4.69) is 0 Å². The van der Waals surface area contributed by atoms with Crippen LogP contribution in [0.5, 0.6) is 0 Å². The minimum Gasteiger partial charge on any atom is -0.481 e. The van der Waals surface area contributed by atoms with Crippen molar-refractivity contribution in [1.82, 2.24) is 0 Å². The molecule has 1 N–H and O–H groups in total. The summed E-state index contributed by atoms with van der Waals surface area (Å²) in [5.74, 6) is 5.01. The Kier molecular flexibility index (Phi) is 8.40. The molecule has 0 aromatic rings. The monoisotopic (exact) mass is 456 g/mol. The van der Waals surface area contributed by atoms with Crippen molar-refractivity contribution >= 4 is 5.97 Å². The number of hydrogen-bond acceptors (Lipinski definition) is 1. The summed E-state index contributed by atoms with van der Waals surface area (Å²) in [6, 6.07) is 0. The minimum atomic E-state index is -0.387. The third-order valence-corrected chi connectivity index (χ3v) is 11.5. The van der Waals surface area contributed by atoms with E-state index in [4.69, 9.17) is 0 Å². The molecule has 0 saturated heterocycles. The van der Waals surface area contributed by atoms with Gasteiger partial charge >= 0.3 is 5.97 Å². The van der Waals surface area contributed by atoms with Gasteiger partial charge in [0.05, 0.1) is 5.92 Å². The summed E-state index contributed by atoms with van der Waals surface area (Å²) in [6.45, 7) is 0. The fraction of sp³-hybridized carbons (Fsp3) is 0.968. The second-order valence-corrected chi connectivity index (χ2v) is 13.2. The maximum atomic E-state index is 13.3. The molecule has 5 fully saturated rings. The van der Waals surface area contributed by atoms with Gasteiger partial charge in [-0.3, -0.25) is 4.79 Å². The standard InChI is InChI=1S/C31H52O2/c32-31(33)30-28(24-17-9-3-10-18-24)26(22-13-5-1-6-14-22)21-27(23-15-7-2-8-16-23)29(30)25-19-11-4-12-20-25/h22-30H,1-21H2,(H,32,33). The molecule has 4 unspecified atom stereocenters. The van der Waals surface area contributed by atoms with E-state index in [-0.39, 0.29) is 11.9 Å². The van der Waals surface area contributed by atoms with E-state index in [9.17, 15) is 9.90 Å². The zero-order valence-corrected chi connectivity index (χ0v) is 21.4. The molecule has 0 heterocycles. The number of aliphatic carboxylic acids is 1. The highest BCUT2D eigenvalue weighted by molar-refractivity contribution is 5.71. The van der Waals surface area contributed by atoms with E-state index < -0.39 is 0 Å². The second-order valence-electron chi connectivity index (χ2n) is 13.2. The van der Waals surface area contributed by atoms with Gasteiger partial charge in [-0.1, -0.05) is 128 Å². The summed E-state index contributed by atoms with van der Waals surface area (Å²) in [6.07, 6.45) is 28.9. The molecular formula is C31H52O2. The van der Waals surface area contributed by atoms with Crippen LogP contribution >= 0.6 is 0 Å². The quantitative estimate of drug-likeness (QED) is 0.448. The Bertz CT molecular complexity index is 558. The van der Waals surface area contributed by atoms with Crippen molar-refractivity contribution in [2.75, 3.05) is 0 Å². The molecule has 4 atom stereocenters. The van der Waals surface area contributed by atoms with Crippen LogP contribution in [0.4, 0.5) is 0 Å². The van der Waals surface area contributed by atoms with Gasteiger partial charge in [-0.2, -0.15) is 0 Å². The van der Waals surface area contributed by atoms with Gasteiger partial charge in [0.25, 0.3) is 0 Å². The Hall–Kier alpha value is -0.530. The van der Waals surface area contributed by atoms with Crippen LogP contribution in [0.2, 0.25) is 0 Å². The first-order chi connectivity index (χ1) is 16.2. The summed E-state index contributed by atoms with van der Waals surface area (Å²) >= 11 is 0. The van der Waals surface area contributed by atoms with Crippen LogP contribution in [0, 0.1) is 53.3 Å². The smallest absolute Gasteiger partial charge is 0.307 e. The van der Waals surface area contributed by atoms with E-state index in [0.29, 0.717) is 35.5 Å². The number of carboxylic acids is 1. The molecule has 2 nitrogen and oxygen atoms in total. The highest BCUT2D eigenvalue weighted by Crippen LogP contribution is 2.59. The number of rotatable bonds is 5. The second kappa shape index (κ2) is 11.5. The highest BCUT2D eigenvalue weighted by Gasteiger charge is 2.55. The molecule has 188 valence electrons. The first kappa shape index (κ1) is 24.2. The number of carbonyl (C=O) groups is 1. The Morgan fingerprint density at radius 2 is 0.758 bits per heavy atom. The van der Waals surface area contributed by atoms with Gasteiger partial charge in [0.1, 0.15) is 0 Å². The number of hydrogen-bond donors (Lipinski definition) is 1. The molecule has 5 aliphatic carbocycles. The van der Waals surface area contributed by atoms with Crippen LogP contribution < -0.4 is 0 Å². The minimum absolute atomic E-state index is 0.0381. The maximum Gasteiger partial charge on any atom is 0.307 e. The van der Waals surface area contributed by atoms with E-state index in [1.54, 1.807) is 0 Å². The van der Waals surface area contributed by atoms with Crippen LogP contribution in [0.15, 0.2) is 0 Å². The Labute approximate surface area is 204 Å². The van der Waals surface area contributed by atoms with E-state index in [1.165, 1.54) is 135 Å². The molecular weight excluding hydrogens is 404 g/mol. The summed E-state index contributed by atoms with van der Waals surface area (Å²) < 4.78 is 0. The van der Waals surface area contributed by atoms with E-state index in [0.717, 1.165) is 11.8 Å². The van der Waals surface area contributed by atoms with Gasteiger partial charge in [0, 0.05) is 0 Å². The summed E-state index contributed by atoms with van der Waals surface area (Å²) in [5.41, 5.74) is 0. The van der Waals surface area contributed by atoms with Crippen LogP contribution in [0.3, 0.4) is 0 Å². The Morgan fingerprint density at radius 1 is 0.455 bits per heavy atom. The molecule has 5 saturated carbocycles. The Morgan fingerprint density at radius 3 is 1.06 bits per heavy atom. The first-order valence-corrected chi connectivity index (χ1v) is 15.5. The zero-order valence-electron chi connectivity index (χ0n) is 21.4. The summed E-state index contributed by atoms with van der Waals surface area (Å²) in [7, 11) is 0. The van der Waals surface area contributed by atoms with Crippen molar-refractivity contribution in [3.05, 3.63) is 0 Å². The lowest BCUT2D eigenvalue weighted by Gasteiger charge is -2.56. The largest absolute Gasteiger partial charge is 0.481 e. The molecule has 0 aromatic heterocycles. The van der Waals surface area contributed by atoms with Gasteiger partial charge in [-0.25, -0.2) is 0 Å². The molecule has 5 aliphatic rings. The lowest BCUT2D eigenvalue weighted by Crippen LogP contribution is -2.53. The molecule has 5 rings (SSSR count). The topological polar surface area (TPSA) is 37.3 Å². The summed E-state index contributed by atoms with van der Waals surface area (Å²) in [4.78, 5) is 13.3. The van der Waals surface area contributed by atoms with E-state index >= 15 is 0 Å². The lowest BCUT2D eigenvalue weighted by molar-refractivity contribution is -0.162. The van der Waals surface area contributed by atoms with Crippen molar-refractivity contribution in [3.63, 3.8) is 0 Å². The zero-order chi connectivity index (χ0) is 22.6. The number of carboxylic acid groups (broad SMARTS) is 1. The average molecular weight is 457 g/mol. The van der Waals surface area contributed by atoms with Crippen LogP contribution in [-0.2, 0) is 4.79 Å². The third kappa shape index (κ3) is 5.35. The Balaban J connectivity index is 1.52. The molecule has 0 aromatic carbocycles. The molecule has 0 aliphatic heterocycles. The van der Waals surface area contributed by atoms with Crippen LogP contribution in [0.1, 0.15) is 135 Å². The first-order valence-electron chi connectivity index (χ1n) is 15.5. The van der Waals surface area contributed by atoms with E-state index in [1.807, 2.05) is 0 Å². The van der Waals surface area contributed by atoms with Crippen molar-refractivity contribution in [3.8, 4) is 0 Å². The van der Waals surface area contributed by atoms with Gasteiger partial charge in [0.15, 0.2) is 0 Å². The SMILES string of the molecule is O=C(O)C1C(C2CCCCC2)C(C2CCCCC2)CC(C2CCCCC2)C1C1CCCCC1. The molecule has 2 heteroatoms. The van der Waals surface area contributed by atoms with Crippen LogP contribution in [-0.4, -0.2) is 11.1 Å².